The van der Waals surface area contributed by atoms with Gasteiger partial charge in [0.05, 0.1) is 25.6 Å². The first-order chi connectivity index (χ1) is 13.0. The number of rotatable bonds is 3. The lowest BCUT2D eigenvalue weighted by Gasteiger charge is -2.34. The highest BCUT2D eigenvalue weighted by Gasteiger charge is 2.49. The van der Waals surface area contributed by atoms with Crippen LogP contribution >= 0.6 is 11.8 Å². The van der Waals surface area contributed by atoms with Crippen LogP contribution < -0.4 is 11.1 Å². The van der Waals surface area contributed by atoms with Crippen molar-refractivity contribution in [3.05, 3.63) is 53.6 Å². The maximum Gasteiger partial charge on any atom is 0.293 e. The molecule has 3 heterocycles. The second-order valence-corrected chi connectivity index (χ2v) is 7.31. The summed E-state index contributed by atoms with van der Waals surface area (Å²) in [7, 11) is 0. The van der Waals surface area contributed by atoms with Crippen LogP contribution in [0.25, 0.3) is 0 Å². The summed E-state index contributed by atoms with van der Waals surface area (Å²) in [5, 5.41) is 2.97. The third-order valence-electron chi connectivity index (χ3n) is 4.57. The van der Waals surface area contributed by atoms with Gasteiger partial charge < -0.3 is 15.8 Å². The fourth-order valence-electron chi connectivity index (χ4n) is 3.25. The Balaban J connectivity index is 1.67. The van der Waals surface area contributed by atoms with Gasteiger partial charge in [-0.25, -0.2) is 23.7 Å². The molecule has 27 heavy (non-hydrogen) atoms. The van der Waals surface area contributed by atoms with Gasteiger partial charge in [-0.2, -0.15) is 0 Å². The van der Waals surface area contributed by atoms with Crippen LogP contribution in [0, 0.1) is 17.6 Å². The molecule has 0 bridgehead atoms. The number of carbonyl (C=O) groups excluding carboxylic acids is 1. The molecule has 140 valence electrons. The molecule has 3 N–H and O–H groups in total. The molecule has 7 nitrogen and oxygen atoms in total. The van der Waals surface area contributed by atoms with E-state index in [4.69, 9.17) is 10.5 Å². The Morgan fingerprint density at radius 2 is 2.11 bits per heavy atom. The molecule has 4 rings (SSSR count). The Hall–Kier alpha value is -2.59. The number of benzene rings is 1. The number of aliphatic imine (C=N–C) groups is 1. The molecule has 1 aromatic carbocycles. The number of fused-ring (bicyclic) bond motifs is 1. The molecule has 2 atom stereocenters. The van der Waals surface area contributed by atoms with E-state index in [0.717, 1.165) is 12.4 Å². The molecular weight excluding hydrogens is 376 g/mol. The molecule has 0 spiro atoms. The minimum atomic E-state index is -0.910. The van der Waals surface area contributed by atoms with Gasteiger partial charge in [-0.1, -0.05) is 11.8 Å². The smallest absolute Gasteiger partial charge is 0.293 e. The minimum Gasteiger partial charge on any atom is -0.379 e. The lowest BCUT2D eigenvalue weighted by Crippen LogP contribution is -2.40. The van der Waals surface area contributed by atoms with Crippen LogP contribution in [0.15, 0.2) is 35.6 Å². The van der Waals surface area contributed by atoms with Gasteiger partial charge >= 0.3 is 0 Å². The summed E-state index contributed by atoms with van der Waals surface area (Å²) < 4.78 is 33.1. The van der Waals surface area contributed by atoms with Gasteiger partial charge in [-0.05, 0) is 18.2 Å². The molecule has 0 saturated carbocycles. The first-order valence-electron chi connectivity index (χ1n) is 8.13. The van der Waals surface area contributed by atoms with Gasteiger partial charge in [0.25, 0.3) is 5.91 Å². The van der Waals surface area contributed by atoms with Crippen LogP contribution in [0.2, 0.25) is 0 Å². The van der Waals surface area contributed by atoms with Crippen LogP contribution in [0.5, 0.6) is 0 Å². The van der Waals surface area contributed by atoms with Crippen molar-refractivity contribution in [2.24, 2.45) is 16.6 Å². The van der Waals surface area contributed by atoms with Crippen LogP contribution in [0.4, 0.5) is 14.5 Å². The van der Waals surface area contributed by atoms with Gasteiger partial charge in [0, 0.05) is 22.9 Å². The van der Waals surface area contributed by atoms with E-state index in [2.05, 4.69) is 20.3 Å². The van der Waals surface area contributed by atoms with Crippen molar-refractivity contribution in [2.75, 3.05) is 24.3 Å². The Labute approximate surface area is 157 Å². The number of amides is 1. The minimum absolute atomic E-state index is 0.0179. The number of hydrogen-bond donors (Lipinski definition) is 2. The molecule has 1 fully saturated rings. The summed E-state index contributed by atoms with van der Waals surface area (Å²) in [5.74, 6) is -1.27. The van der Waals surface area contributed by atoms with Gasteiger partial charge in [0.15, 0.2) is 11.0 Å². The summed E-state index contributed by atoms with van der Waals surface area (Å²) in [6, 6.07) is 4.20. The number of halogens is 2. The number of aromatic nitrogens is 2. The van der Waals surface area contributed by atoms with Crippen molar-refractivity contribution in [2.45, 2.75) is 5.54 Å². The molecule has 10 heteroatoms. The maximum atomic E-state index is 14.7. The number of carbonyl (C=O) groups is 1. The number of thioether (sulfide) groups is 1. The Morgan fingerprint density at radius 1 is 1.33 bits per heavy atom. The SMILES string of the molecule is NC1=N[C@@]2(c3cc(NC(=O)c4ncc(F)cn4)ccc3F)COC[C@H]2CS1. The van der Waals surface area contributed by atoms with Crippen LogP contribution in [-0.4, -0.2) is 40.0 Å². The molecule has 1 aromatic heterocycles. The second kappa shape index (κ2) is 6.86. The molecule has 2 aliphatic heterocycles. The summed E-state index contributed by atoms with van der Waals surface area (Å²) in [6.07, 6.45) is 1.79. The van der Waals surface area contributed by atoms with E-state index in [0.29, 0.717) is 28.8 Å². The normalized spacial score (nSPS) is 24.2. The van der Waals surface area contributed by atoms with Crippen molar-refractivity contribution in [3.63, 3.8) is 0 Å². The highest BCUT2D eigenvalue weighted by atomic mass is 32.2. The zero-order valence-electron chi connectivity index (χ0n) is 14.0. The highest BCUT2D eigenvalue weighted by Crippen LogP contribution is 2.45. The van der Waals surface area contributed by atoms with Gasteiger partial charge in [-0.15, -0.1) is 0 Å². The molecular formula is C17H15F2N5O2S. The Kier molecular flexibility index (Phi) is 4.52. The van der Waals surface area contributed by atoms with Crippen LogP contribution in [0.3, 0.4) is 0 Å². The lowest BCUT2D eigenvalue weighted by molar-refractivity contribution is 0.101. The number of anilines is 1. The zero-order valence-corrected chi connectivity index (χ0v) is 14.8. The first-order valence-corrected chi connectivity index (χ1v) is 9.11. The van der Waals surface area contributed by atoms with E-state index < -0.39 is 23.1 Å². The number of amidine groups is 1. The number of hydrogen-bond acceptors (Lipinski definition) is 7. The average molecular weight is 391 g/mol. The van der Waals surface area contributed by atoms with Crippen LogP contribution in [0.1, 0.15) is 16.2 Å². The number of ether oxygens (including phenoxy) is 1. The van der Waals surface area contributed by atoms with Crippen molar-refractivity contribution in [1.29, 1.82) is 0 Å². The van der Waals surface area contributed by atoms with E-state index in [1.54, 1.807) is 0 Å². The Bertz CT molecular complexity index is 924. The summed E-state index contributed by atoms with van der Waals surface area (Å²) in [6.45, 7) is 0.678. The molecule has 0 unspecified atom stereocenters. The predicted molar refractivity (Wildman–Crippen MR) is 96.4 cm³/mol. The third-order valence-corrected chi connectivity index (χ3v) is 5.53. The Morgan fingerprint density at radius 3 is 2.89 bits per heavy atom. The second-order valence-electron chi connectivity index (χ2n) is 6.27. The van der Waals surface area contributed by atoms with Crippen molar-refractivity contribution >= 4 is 28.5 Å². The molecule has 1 amide bonds. The van der Waals surface area contributed by atoms with Gasteiger partial charge in [0.1, 0.15) is 11.4 Å². The maximum absolute atomic E-state index is 14.7. The predicted octanol–water partition coefficient (Wildman–Crippen LogP) is 1.91. The van der Waals surface area contributed by atoms with Crippen LogP contribution in [-0.2, 0) is 10.3 Å². The lowest BCUT2D eigenvalue weighted by atomic mass is 9.81. The monoisotopic (exact) mass is 391 g/mol. The number of nitrogens with two attached hydrogens (primary N) is 1. The molecule has 1 saturated heterocycles. The highest BCUT2D eigenvalue weighted by molar-refractivity contribution is 8.13. The average Bonchev–Trinajstić information content (AvgIpc) is 3.07. The summed E-state index contributed by atoms with van der Waals surface area (Å²) in [5.41, 5.74) is 5.63. The quantitative estimate of drug-likeness (QED) is 0.829. The van der Waals surface area contributed by atoms with Crippen molar-refractivity contribution < 1.29 is 18.3 Å². The number of nitrogens with zero attached hydrogens (tertiary/aromatic N) is 3. The van der Waals surface area contributed by atoms with Crippen molar-refractivity contribution in [1.82, 2.24) is 9.97 Å². The zero-order chi connectivity index (χ0) is 19.0. The molecule has 2 aliphatic rings. The topological polar surface area (TPSA) is 102 Å². The molecule has 0 aliphatic carbocycles. The van der Waals surface area contributed by atoms with Gasteiger partial charge in [-0.3, -0.25) is 4.79 Å². The standard InChI is InChI=1S/C17H15F2N5O2S/c18-10-4-21-14(22-5-10)15(25)23-11-1-2-13(19)12(3-11)17-8-26-6-9(17)7-27-16(20)24-17/h1-5,9H,6-8H2,(H2,20,24)(H,23,25)/t9-,17-/m0/s1. The van der Waals surface area contributed by atoms with E-state index in [9.17, 15) is 13.6 Å². The van der Waals surface area contributed by atoms with E-state index in [1.807, 2.05) is 0 Å². The fourth-order valence-corrected chi connectivity index (χ4v) is 4.22. The molecule has 2 aromatic rings. The largest absolute Gasteiger partial charge is 0.379 e. The molecule has 0 radical (unpaired) electrons. The third kappa shape index (κ3) is 3.26. The number of nitrogens with one attached hydrogen (secondary N) is 1. The summed E-state index contributed by atoms with van der Waals surface area (Å²) in [4.78, 5) is 24.0. The van der Waals surface area contributed by atoms with E-state index in [1.165, 1.54) is 30.0 Å². The summed E-state index contributed by atoms with van der Waals surface area (Å²) >= 11 is 1.42. The van der Waals surface area contributed by atoms with E-state index >= 15 is 0 Å². The fraction of sp³-hybridized carbons (Fsp3) is 0.294. The van der Waals surface area contributed by atoms with Crippen molar-refractivity contribution in [3.8, 4) is 0 Å². The first kappa shape index (κ1) is 17.8. The van der Waals surface area contributed by atoms with Gasteiger partial charge in [0.2, 0.25) is 5.82 Å². The van der Waals surface area contributed by atoms with E-state index in [-0.39, 0.29) is 18.3 Å².